The lowest BCUT2D eigenvalue weighted by atomic mass is 10.1. The molecule has 6 nitrogen and oxygen atoms in total. The second-order valence-electron chi connectivity index (χ2n) is 2.48. The molecule has 0 fully saturated rings. The highest BCUT2D eigenvalue weighted by atomic mass is 16.5. The molecule has 0 saturated carbocycles. The van der Waals surface area contributed by atoms with Crippen molar-refractivity contribution in [1.82, 2.24) is 0 Å². The zero-order chi connectivity index (χ0) is 9.61. The van der Waals surface area contributed by atoms with Gasteiger partial charge in [-0.1, -0.05) is 0 Å². The Balaban J connectivity index is 4.01. The first-order chi connectivity index (χ1) is 5.60. The number of carboxylic acid groups (broad SMARTS) is 1. The van der Waals surface area contributed by atoms with Gasteiger partial charge in [-0.05, 0) is 0 Å². The Morgan fingerprint density at radius 3 is 1.92 bits per heavy atom. The van der Waals surface area contributed by atoms with Crippen LogP contribution in [-0.4, -0.2) is 42.9 Å². The van der Waals surface area contributed by atoms with Crippen LogP contribution in [0.15, 0.2) is 0 Å². The van der Waals surface area contributed by atoms with E-state index >= 15 is 0 Å². The van der Waals surface area contributed by atoms with Crippen molar-refractivity contribution in [2.45, 2.75) is 5.60 Å². The summed E-state index contributed by atoms with van der Waals surface area (Å²) < 4.78 is 4.96. The van der Waals surface area contributed by atoms with Gasteiger partial charge >= 0.3 is 5.97 Å². The van der Waals surface area contributed by atoms with Crippen molar-refractivity contribution in [2.75, 3.05) is 26.2 Å². The number of aliphatic carboxylic acids is 1. The van der Waals surface area contributed by atoms with E-state index in [2.05, 4.69) is 0 Å². The number of rotatable bonds is 6. The fourth-order valence-corrected chi connectivity index (χ4v) is 0.642. The van der Waals surface area contributed by atoms with Crippen molar-refractivity contribution in [1.29, 1.82) is 0 Å². The third-order valence-corrected chi connectivity index (χ3v) is 1.62. The van der Waals surface area contributed by atoms with Crippen LogP contribution >= 0.6 is 0 Å². The molecule has 0 saturated heterocycles. The highest BCUT2D eigenvalue weighted by molar-refractivity contribution is 5.68. The van der Waals surface area contributed by atoms with E-state index in [1.165, 1.54) is 0 Å². The Hall–Kier alpha value is -0.690. The number of carbonyl (C=O) groups is 1. The van der Waals surface area contributed by atoms with Gasteiger partial charge in [-0.25, -0.2) is 4.79 Å². The number of hydrogen-bond donors (Lipinski definition) is 4. The molecule has 72 valence electrons. The zero-order valence-corrected chi connectivity index (χ0v) is 6.82. The van der Waals surface area contributed by atoms with Crippen LogP contribution in [0, 0.1) is 0 Å². The minimum absolute atomic E-state index is 0.118. The van der Waals surface area contributed by atoms with Gasteiger partial charge in [0.15, 0.2) is 0 Å². The van der Waals surface area contributed by atoms with Crippen LogP contribution in [0.3, 0.4) is 0 Å². The van der Waals surface area contributed by atoms with Crippen LogP contribution < -0.4 is 17.2 Å². The molecule has 0 amide bonds. The third kappa shape index (κ3) is 3.14. The van der Waals surface area contributed by atoms with Gasteiger partial charge in [0.05, 0.1) is 0 Å². The van der Waals surface area contributed by atoms with Crippen molar-refractivity contribution in [3.05, 3.63) is 0 Å². The highest BCUT2D eigenvalue weighted by Gasteiger charge is 2.26. The molecule has 0 unspecified atom stereocenters. The maximum absolute atomic E-state index is 10.1. The lowest BCUT2D eigenvalue weighted by molar-refractivity contribution is -0.148. The second kappa shape index (κ2) is 5.04. The molecule has 0 aromatic rings. The van der Waals surface area contributed by atoms with Gasteiger partial charge in [0, 0.05) is 19.6 Å². The molecule has 0 aromatic heterocycles. The van der Waals surface area contributed by atoms with Crippen molar-refractivity contribution in [3.63, 3.8) is 0 Å². The fraction of sp³-hybridized carbons (Fsp3) is 0.833. The van der Waals surface area contributed by atoms with Gasteiger partial charge in [-0.15, -0.1) is 0 Å². The monoisotopic (exact) mass is 177 g/mol. The lowest BCUT2D eigenvalue weighted by Crippen LogP contribution is -2.53. The Kier molecular flexibility index (Phi) is 4.75. The number of ether oxygens (including phenoxy) is 1. The molecule has 0 aliphatic heterocycles. The predicted octanol–water partition coefficient (Wildman–Crippen LogP) is -2.30. The maximum Gasteiger partial charge on any atom is 0.329 e. The summed E-state index contributed by atoms with van der Waals surface area (Å²) in [6.45, 7) is -0.0700. The van der Waals surface area contributed by atoms with E-state index in [1.54, 1.807) is 0 Å². The van der Waals surface area contributed by atoms with Crippen molar-refractivity contribution >= 4 is 5.97 Å². The first-order valence-electron chi connectivity index (χ1n) is 3.56. The maximum atomic E-state index is 10.1. The van der Waals surface area contributed by atoms with Gasteiger partial charge in [-0.3, -0.25) is 0 Å². The number of carboxylic acids is 1. The van der Waals surface area contributed by atoms with Crippen LogP contribution in [0.1, 0.15) is 0 Å². The Morgan fingerprint density at radius 2 is 1.67 bits per heavy atom. The van der Waals surface area contributed by atoms with E-state index < -0.39 is 18.2 Å². The van der Waals surface area contributed by atoms with Gasteiger partial charge in [0.2, 0.25) is 0 Å². The van der Waals surface area contributed by atoms with Gasteiger partial charge in [0.25, 0.3) is 0 Å². The summed E-state index contributed by atoms with van der Waals surface area (Å²) in [7, 11) is 0. The van der Waals surface area contributed by atoms with E-state index in [1.807, 2.05) is 0 Å². The summed E-state index contributed by atoms with van der Waals surface area (Å²) >= 11 is 0. The molecule has 12 heavy (non-hydrogen) atoms. The first-order valence-corrected chi connectivity index (χ1v) is 3.56. The highest BCUT2D eigenvalue weighted by Crippen LogP contribution is 2.04. The van der Waals surface area contributed by atoms with E-state index in [0.29, 0.717) is 0 Å². The molecule has 0 rings (SSSR count). The van der Waals surface area contributed by atoms with Crippen molar-refractivity contribution < 1.29 is 14.6 Å². The van der Waals surface area contributed by atoms with Crippen LogP contribution in [0.5, 0.6) is 0 Å². The van der Waals surface area contributed by atoms with Crippen LogP contribution in [-0.2, 0) is 9.53 Å². The third-order valence-electron chi connectivity index (χ3n) is 1.62. The predicted molar refractivity (Wildman–Crippen MR) is 43.5 cm³/mol. The molecule has 0 heterocycles. The molecule has 0 radical (unpaired) electrons. The minimum Gasteiger partial charge on any atom is -0.480 e. The summed E-state index contributed by atoms with van der Waals surface area (Å²) in [5.41, 5.74) is 15.1. The van der Waals surface area contributed by atoms with Crippen LogP contribution in [0.25, 0.3) is 0 Å². The quantitative estimate of drug-likeness (QED) is 0.361. The normalized spacial score (nSPS) is 11.6. The van der Waals surface area contributed by atoms with Crippen molar-refractivity contribution in [3.8, 4) is 0 Å². The summed E-state index contributed by atoms with van der Waals surface area (Å²) in [5, 5.41) is 8.32. The zero-order valence-electron chi connectivity index (χ0n) is 6.82. The molecular weight excluding hydrogens is 162 g/mol. The summed E-state index contributed by atoms with van der Waals surface area (Å²) in [6.07, 6.45) is 0. The SMILES string of the molecule is NCC(CN)(CN)OCC(=O)O. The standard InChI is InChI=1S/C6H15N3O3/c7-2-6(3-8,4-9)12-1-5(10)11/h1-4,7-9H2,(H,10,11). The van der Waals surface area contributed by atoms with Crippen molar-refractivity contribution in [2.24, 2.45) is 17.2 Å². The average molecular weight is 177 g/mol. The van der Waals surface area contributed by atoms with E-state index in [0.717, 1.165) is 0 Å². The Morgan fingerprint density at radius 1 is 1.25 bits per heavy atom. The fourth-order valence-electron chi connectivity index (χ4n) is 0.642. The number of nitrogens with two attached hydrogens (primary N) is 3. The largest absolute Gasteiger partial charge is 0.480 e. The van der Waals surface area contributed by atoms with Crippen LogP contribution in [0.4, 0.5) is 0 Å². The molecule has 0 bridgehead atoms. The molecule has 0 aromatic carbocycles. The lowest BCUT2D eigenvalue weighted by Gasteiger charge is -2.28. The molecule has 0 atom stereocenters. The molecule has 0 aliphatic carbocycles. The smallest absolute Gasteiger partial charge is 0.329 e. The molecule has 0 spiro atoms. The van der Waals surface area contributed by atoms with Gasteiger partial charge < -0.3 is 27.0 Å². The first kappa shape index (κ1) is 11.3. The molecular formula is C6H15N3O3. The summed E-state index contributed by atoms with van der Waals surface area (Å²) in [5.74, 6) is -1.06. The topological polar surface area (TPSA) is 125 Å². The molecule has 6 heteroatoms. The minimum atomic E-state index is -1.06. The van der Waals surface area contributed by atoms with E-state index in [9.17, 15) is 4.79 Å². The Bertz CT molecular complexity index is 139. The molecule has 0 aliphatic rings. The van der Waals surface area contributed by atoms with Gasteiger partial charge in [-0.2, -0.15) is 0 Å². The second-order valence-corrected chi connectivity index (χ2v) is 2.48. The van der Waals surface area contributed by atoms with Crippen LogP contribution in [0.2, 0.25) is 0 Å². The Labute approximate surface area is 70.7 Å². The average Bonchev–Trinajstić information content (AvgIpc) is 2.08. The number of hydrogen-bond acceptors (Lipinski definition) is 5. The summed E-state index contributed by atoms with van der Waals surface area (Å²) in [6, 6.07) is 0. The molecule has 7 N–H and O–H groups in total. The van der Waals surface area contributed by atoms with E-state index in [-0.39, 0.29) is 19.6 Å². The summed E-state index contributed by atoms with van der Waals surface area (Å²) in [4.78, 5) is 10.1. The van der Waals surface area contributed by atoms with Gasteiger partial charge in [0.1, 0.15) is 12.2 Å². The van der Waals surface area contributed by atoms with E-state index in [4.69, 9.17) is 27.0 Å².